The molecule has 0 fully saturated rings. The molecule has 34 heavy (non-hydrogen) atoms. The molecule has 7 nitrogen and oxygen atoms in total. The standard InChI is InChI=1S/C25H29ClN6OS/c1-16-9-10-20(14-21(16)26)32-22(15-34-25-28-17(2)13-18(3)29-25)23(30-31-32)24(33)27-12-11-19-7-5-4-6-8-19/h7,9-10,13-14H,4-6,8,11-12,15H2,1-3H3,(H,27,33). The van der Waals surface area contributed by atoms with Crippen molar-refractivity contribution in [3.63, 3.8) is 0 Å². The minimum atomic E-state index is -0.224. The Balaban J connectivity index is 1.57. The first-order chi connectivity index (χ1) is 16.4. The van der Waals surface area contributed by atoms with Crippen LogP contribution >= 0.6 is 23.4 Å². The van der Waals surface area contributed by atoms with Crippen LogP contribution in [0.15, 0.2) is 41.1 Å². The number of nitrogens with one attached hydrogen (secondary N) is 1. The third-order valence-electron chi connectivity index (χ3n) is 5.79. The van der Waals surface area contributed by atoms with E-state index in [1.54, 1.807) is 4.68 Å². The fourth-order valence-electron chi connectivity index (χ4n) is 3.97. The monoisotopic (exact) mass is 496 g/mol. The molecule has 0 bridgehead atoms. The van der Waals surface area contributed by atoms with E-state index in [2.05, 4.69) is 31.7 Å². The van der Waals surface area contributed by atoms with E-state index in [0.29, 0.717) is 33.9 Å². The molecule has 9 heteroatoms. The van der Waals surface area contributed by atoms with Gasteiger partial charge in [-0.15, -0.1) is 5.10 Å². The van der Waals surface area contributed by atoms with Gasteiger partial charge in [0.15, 0.2) is 10.9 Å². The number of carbonyl (C=O) groups is 1. The fraction of sp³-hybridized carbons (Fsp3) is 0.400. The normalized spacial score (nSPS) is 13.6. The van der Waals surface area contributed by atoms with E-state index >= 15 is 0 Å². The number of nitrogens with zero attached hydrogens (tertiary/aromatic N) is 5. The summed E-state index contributed by atoms with van der Waals surface area (Å²) in [6.45, 7) is 6.42. The highest BCUT2D eigenvalue weighted by Crippen LogP contribution is 2.26. The van der Waals surface area contributed by atoms with Gasteiger partial charge in [0, 0.05) is 28.7 Å². The molecule has 1 aliphatic carbocycles. The van der Waals surface area contributed by atoms with Crippen molar-refractivity contribution in [3.05, 3.63) is 69.3 Å². The van der Waals surface area contributed by atoms with Gasteiger partial charge in [-0.2, -0.15) is 0 Å². The molecule has 0 unspecified atom stereocenters. The summed E-state index contributed by atoms with van der Waals surface area (Å²) < 4.78 is 1.68. The van der Waals surface area contributed by atoms with Crippen LogP contribution in [0.4, 0.5) is 0 Å². The third-order valence-corrected chi connectivity index (χ3v) is 7.06. The Labute approximate surface area is 209 Å². The lowest BCUT2D eigenvalue weighted by Gasteiger charge is -2.13. The van der Waals surface area contributed by atoms with Gasteiger partial charge in [0.2, 0.25) is 0 Å². The Morgan fingerprint density at radius 1 is 1.15 bits per heavy atom. The average Bonchev–Trinajstić information content (AvgIpc) is 3.23. The molecule has 0 atom stereocenters. The second kappa shape index (κ2) is 11.1. The predicted octanol–water partition coefficient (Wildman–Crippen LogP) is 5.55. The lowest BCUT2D eigenvalue weighted by molar-refractivity contribution is 0.0948. The van der Waals surface area contributed by atoms with Crippen LogP contribution in [-0.4, -0.2) is 37.4 Å². The SMILES string of the molecule is Cc1cc(C)nc(SCc2c(C(=O)NCCC3=CCCCC3)nnn2-c2ccc(C)c(Cl)c2)n1. The van der Waals surface area contributed by atoms with E-state index in [4.69, 9.17) is 11.6 Å². The summed E-state index contributed by atoms with van der Waals surface area (Å²) >= 11 is 7.82. The first-order valence-electron chi connectivity index (χ1n) is 11.5. The lowest BCUT2D eigenvalue weighted by Crippen LogP contribution is -2.26. The van der Waals surface area contributed by atoms with Crippen molar-refractivity contribution in [2.24, 2.45) is 0 Å². The zero-order valence-corrected chi connectivity index (χ0v) is 21.3. The van der Waals surface area contributed by atoms with E-state index in [0.717, 1.165) is 41.9 Å². The van der Waals surface area contributed by atoms with Crippen molar-refractivity contribution >= 4 is 29.3 Å². The van der Waals surface area contributed by atoms with Crippen LogP contribution in [0.1, 0.15) is 65.2 Å². The highest BCUT2D eigenvalue weighted by atomic mass is 35.5. The number of hydrogen-bond donors (Lipinski definition) is 1. The number of allylic oxidation sites excluding steroid dienone is 1. The van der Waals surface area contributed by atoms with Crippen LogP contribution in [0.3, 0.4) is 0 Å². The summed E-state index contributed by atoms with van der Waals surface area (Å²) in [5.41, 5.74) is 5.95. The molecule has 1 N–H and O–H groups in total. The number of hydrogen-bond acceptors (Lipinski definition) is 6. The van der Waals surface area contributed by atoms with Gasteiger partial charge < -0.3 is 5.32 Å². The molecule has 4 rings (SSSR count). The number of halogens is 1. The van der Waals surface area contributed by atoms with Gasteiger partial charge in [0.25, 0.3) is 5.91 Å². The number of aromatic nitrogens is 5. The predicted molar refractivity (Wildman–Crippen MR) is 136 cm³/mol. The van der Waals surface area contributed by atoms with E-state index in [1.165, 1.54) is 30.2 Å². The van der Waals surface area contributed by atoms with Gasteiger partial charge in [-0.25, -0.2) is 14.6 Å². The summed E-state index contributed by atoms with van der Waals surface area (Å²) in [6, 6.07) is 7.63. The summed E-state index contributed by atoms with van der Waals surface area (Å²) in [6.07, 6.45) is 7.92. The molecule has 1 amide bonds. The average molecular weight is 497 g/mol. The summed E-state index contributed by atoms with van der Waals surface area (Å²) in [5, 5.41) is 12.9. The van der Waals surface area contributed by atoms with E-state index < -0.39 is 0 Å². The number of aryl methyl sites for hydroxylation is 3. The number of amides is 1. The quantitative estimate of drug-likeness (QED) is 0.250. The maximum atomic E-state index is 13.1. The highest BCUT2D eigenvalue weighted by Gasteiger charge is 2.22. The Hall–Kier alpha value is -2.71. The number of carbonyl (C=O) groups excluding carboxylic acids is 1. The van der Waals surface area contributed by atoms with Gasteiger partial charge in [0.1, 0.15) is 0 Å². The van der Waals surface area contributed by atoms with Crippen molar-refractivity contribution in [2.45, 2.75) is 63.8 Å². The zero-order chi connectivity index (χ0) is 24.1. The largest absolute Gasteiger partial charge is 0.350 e. The maximum Gasteiger partial charge on any atom is 0.273 e. The minimum absolute atomic E-state index is 0.224. The molecule has 2 aromatic heterocycles. The molecule has 0 aliphatic heterocycles. The molecule has 0 saturated carbocycles. The van der Waals surface area contributed by atoms with Gasteiger partial charge in [0.05, 0.1) is 11.4 Å². The summed E-state index contributed by atoms with van der Waals surface area (Å²) in [4.78, 5) is 22.1. The molecular formula is C25H29ClN6OS. The Bertz CT molecular complexity index is 1200. The summed E-state index contributed by atoms with van der Waals surface area (Å²) in [5.74, 6) is 0.216. The van der Waals surface area contributed by atoms with Crippen LogP contribution in [-0.2, 0) is 5.75 Å². The van der Waals surface area contributed by atoms with Crippen LogP contribution < -0.4 is 5.32 Å². The Morgan fingerprint density at radius 3 is 2.65 bits per heavy atom. The van der Waals surface area contributed by atoms with Gasteiger partial charge in [-0.05, 0) is 76.6 Å². The van der Waals surface area contributed by atoms with Gasteiger partial charge in [-0.3, -0.25) is 4.79 Å². The minimum Gasteiger partial charge on any atom is -0.350 e. The lowest BCUT2D eigenvalue weighted by atomic mass is 9.97. The van der Waals surface area contributed by atoms with Gasteiger partial charge in [-0.1, -0.05) is 46.3 Å². The number of thioether (sulfide) groups is 1. The van der Waals surface area contributed by atoms with Crippen molar-refractivity contribution in [1.29, 1.82) is 0 Å². The van der Waals surface area contributed by atoms with Crippen molar-refractivity contribution in [2.75, 3.05) is 6.54 Å². The Kier molecular flexibility index (Phi) is 8.00. The third kappa shape index (κ3) is 6.04. The van der Waals surface area contributed by atoms with Crippen molar-refractivity contribution < 1.29 is 4.79 Å². The second-order valence-electron chi connectivity index (χ2n) is 8.57. The molecule has 0 saturated heterocycles. The van der Waals surface area contributed by atoms with Crippen LogP contribution in [0.5, 0.6) is 0 Å². The van der Waals surface area contributed by atoms with Crippen molar-refractivity contribution in [1.82, 2.24) is 30.3 Å². The van der Waals surface area contributed by atoms with Crippen LogP contribution in [0.25, 0.3) is 5.69 Å². The molecule has 1 aromatic carbocycles. The molecule has 0 spiro atoms. The first kappa shape index (κ1) is 24.4. The fourth-order valence-corrected chi connectivity index (χ4v) is 5.09. The first-order valence-corrected chi connectivity index (χ1v) is 12.9. The number of benzene rings is 1. The highest BCUT2D eigenvalue weighted by molar-refractivity contribution is 7.98. The van der Waals surface area contributed by atoms with Crippen LogP contribution in [0, 0.1) is 20.8 Å². The maximum absolute atomic E-state index is 13.1. The van der Waals surface area contributed by atoms with Crippen LogP contribution in [0.2, 0.25) is 5.02 Å². The smallest absolute Gasteiger partial charge is 0.273 e. The van der Waals surface area contributed by atoms with Crippen molar-refractivity contribution in [3.8, 4) is 5.69 Å². The van der Waals surface area contributed by atoms with E-state index in [1.807, 2.05) is 45.0 Å². The topological polar surface area (TPSA) is 85.6 Å². The molecule has 2 heterocycles. The molecule has 0 radical (unpaired) electrons. The zero-order valence-electron chi connectivity index (χ0n) is 19.8. The van der Waals surface area contributed by atoms with Gasteiger partial charge >= 0.3 is 0 Å². The molecular weight excluding hydrogens is 468 g/mol. The van der Waals surface area contributed by atoms with E-state index in [-0.39, 0.29) is 5.91 Å². The van der Waals surface area contributed by atoms with E-state index in [9.17, 15) is 4.79 Å². The summed E-state index contributed by atoms with van der Waals surface area (Å²) in [7, 11) is 0. The molecule has 1 aliphatic rings. The number of rotatable bonds is 8. The second-order valence-corrected chi connectivity index (χ2v) is 9.92. The molecule has 178 valence electrons. The molecule has 3 aromatic rings. The Morgan fingerprint density at radius 2 is 1.94 bits per heavy atom.